The Morgan fingerprint density at radius 2 is 2.21 bits per heavy atom. The molecule has 0 amide bonds. The summed E-state index contributed by atoms with van der Waals surface area (Å²) in [5.74, 6) is 0.482. The van der Waals surface area contributed by atoms with Crippen molar-refractivity contribution in [1.29, 1.82) is 0 Å². The first-order valence-corrected chi connectivity index (χ1v) is 4.54. The van der Waals surface area contributed by atoms with Gasteiger partial charge in [-0.3, -0.25) is 0 Å². The van der Waals surface area contributed by atoms with Crippen molar-refractivity contribution in [1.82, 2.24) is 0 Å². The van der Waals surface area contributed by atoms with Gasteiger partial charge in [-0.1, -0.05) is 11.6 Å². The first-order chi connectivity index (χ1) is 6.48. The van der Waals surface area contributed by atoms with E-state index in [1.807, 2.05) is 0 Å². The van der Waals surface area contributed by atoms with Crippen LogP contribution in [0.5, 0.6) is 0 Å². The van der Waals surface area contributed by atoms with E-state index in [1.54, 1.807) is 6.92 Å². The lowest BCUT2D eigenvalue weighted by Gasteiger charge is -2.12. The Morgan fingerprint density at radius 3 is 2.71 bits per heavy atom. The Balaban J connectivity index is 3.49. The molecule has 0 unspecified atom stereocenters. The number of ether oxygens (including phenoxy) is 1. The highest BCUT2D eigenvalue weighted by atomic mass is 32.2. The van der Waals surface area contributed by atoms with Gasteiger partial charge in [-0.25, -0.2) is 5.26 Å². The molecule has 0 fully saturated rings. The average molecular weight is 230 g/mol. The summed E-state index contributed by atoms with van der Waals surface area (Å²) in [5, 5.41) is 7.61. The predicted octanol–water partition coefficient (Wildman–Crippen LogP) is 2.98. The number of alkyl halides is 2. The predicted molar refractivity (Wildman–Crippen MR) is 47.3 cm³/mol. The van der Waals surface area contributed by atoms with Crippen molar-refractivity contribution in [2.24, 2.45) is 0 Å². The van der Waals surface area contributed by atoms with Crippen molar-refractivity contribution in [2.75, 3.05) is 6.61 Å². The number of rotatable bonds is 8. The molecule has 0 bridgehead atoms. The van der Waals surface area contributed by atoms with Crippen molar-refractivity contribution in [3.05, 3.63) is 12.3 Å². The van der Waals surface area contributed by atoms with Gasteiger partial charge in [-0.05, 0) is 13.3 Å². The van der Waals surface area contributed by atoms with Crippen molar-refractivity contribution >= 4 is 12.0 Å². The minimum atomic E-state index is -3.11. The van der Waals surface area contributed by atoms with E-state index in [4.69, 9.17) is 9.99 Å². The lowest BCUT2D eigenvalue weighted by Crippen LogP contribution is -2.12. The normalized spacial score (nSPS) is 11.4. The van der Waals surface area contributed by atoms with Crippen molar-refractivity contribution < 1.29 is 28.1 Å². The zero-order valence-corrected chi connectivity index (χ0v) is 8.48. The van der Waals surface area contributed by atoms with Crippen LogP contribution >= 0.6 is 12.0 Å². The zero-order valence-electron chi connectivity index (χ0n) is 7.66. The topological polar surface area (TPSA) is 47.9 Å². The van der Waals surface area contributed by atoms with Crippen LogP contribution in [0.15, 0.2) is 12.3 Å². The first-order valence-electron chi connectivity index (χ1n) is 3.80. The molecule has 0 radical (unpaired) electrons. The van der Waals surface area contributed by atoms with Gasteiger partial charge in [-0.15, -0.1) is 4.33 Å². The van der Waals surface area contributed by atoms with Crippen LogP contribution in [-0.2, 0) is 14.1 Å². The Labute approximate surface area is 84.9 Å². The second-order valence-electron chi connectivity index (χ2n) is 2.52. The molecule has 7 heteroatoms. The Kier molecular flexibility index (Phi) is 6.81. The summed E-state index contributed by atoms with van der Waals surface area (Å²) in [7, 11) is 0. The highest BCUT2D eigenvalue weighted by molar-refractivity contribution is 7.95. The number of hydrogen-bond donors (Lipinski definition) is 1. The van der Waals surface area contributed by atoms with Gasteiger partial charge >= 0.3 is 5.25 Å². The molecule has 0 spiro atoms. The van der Waals surface area contributed by atoms with Crippen LogP contribution in [0.1, 0.15) is 19.8 Å². The molecule has 0 heterocycles. The lowest BCUT2D eigenvalue weighted by molar-refractivity contribution is -0.433. The van der Waals surface area contributed by atoms with Crippen LogP contribution in [-0.4, -0.2) is 17.1 Å². The van der Waals surface area contributed by atoms with E-state index < -0.39 is 11.7 Å². The molecule has 0 aromatic carbocycles. The second-order valence-corrected chi connectivity index (χ2v) is 3.42. The van der Waals surface area contributed by atoms with Gasteiger partial charge in [0.1, 0.15) is 12.0 Å². The SMILES string of the molecule is C=C(C)OCCCC(F)(F)SOOO. The largest absolute Gasteiger partial charge is 0.499 e. The maximum Gasteiger partial charge on any atom is 0.321 e. The van der Waals surface area contributed by atoms with E-state index in [9.17, 15) is 8.78 Å². The Morgan fingerprint density at radius 1 is 1.57 bits per heavy atom. The molecule has 0 aliphatic heterocycles. The number of hydrogen-bond acceptors (Lipinski definition) is 5. The van der Waals surface area contributed by atoms with Crippen molar-refractivity contribution in [3.63, 3.8) is 0 Å². The summed E-state index contributed by atoms with van der Waals surface area (Å²) in [6, 6.07) is 0. The molecule has 14 heavy (non-hydrogen) atoms. The Bertz CT molecular complexity index is 177. The second kappa shape index (κ2) is 6.99. The van der Waals surface area contributed by atoms with Crippen LogP contribution in [0.3, 0.4) is 0 Å². The fourth-order valence-corrected chi connectivity index (χ4v) is 0.989. The molecule has 4 nitrogen and oxygen atoms in total. The molecule has 1 N–H and O–H groups in total. The summed E-state index contributed by atoms with van der Waals surface area (Å²) >= 11 is -0.246. The first kappa shape index (κ1) is 13.6. The van der Waals surface area contributed by atoms with E-state index in [1.165, 1.54) is 0 Å². The fraction of sp³-hybridized carbons (Fsp3) is 0.714. The highest BCUT2D eigenvalue weighted by Crippen LogP contribution is 2.34. The third-order valence-electron chi connectivity index (χ3n) is 1.15. The van der Waals surface area contributed by atoms with E-state index in [2.05, 4.69) is 16.0 Å². The molecule has 0 saturated carbocycles. The van der Waals surface area contributed by atoms with E-state index in [0.717, 1.165) is 0 Å². The van der Waals surface area contributed by atoms with Gasteiger partial charge in [0.25, 0.3) is 0 Å². The minimum absolute atomic E-state index is 0.154. The monoisotopic (exact) mass is 230 g/mol. The van der Waals surface area contributed by atoms with Crippen LogP contribution in [0, 0.1) is 0 Å². The van der Waals surface area contributed by atoms with Crippen LogP contribution in [0.2, 0.25) is 0 Å². The molecule has 0 atom stereocenters. The lowest BCUT2D eigenvalue weighted by atomic mass is 10.3. The Hall–Kier alpha value is -0.370. The molecule has 0 rings (SSSR count). The summed E-state index contributed by atoms with van der Waals surface area (Å²) < 4.78 is 33.9. The summed E-state index contributed by atoms with van der Waals surface area (Å²) in [6.45, 7) is 5.25. The van der Waals surface area contributed by atoms with Gasteiger partial charge in [-0.2, -0.15) is 8.78 Å². The minimum Gasteiger partial charge on any atom is -0.499 e. The highest BCUT2D eigenvalue weighted by Gasteiger charge is 2.31. The summed E-state index contributed by atoms with van der Waals surface area (Å²) in [4.78, 5) is 0. The maximum absolute atomic E-state index is 12.7. The van der Waals surface area contributed by atoms with Crippen LogP contribution in [0.4, 0.5) is 8.78 Å². The van der Waals surface area contributed by atoms with Crippen molar-refractivity contribution in [3.8, 4) is 0 Å². The standard InChI is InChI=1S/C7H12F2O4S/c1-6(2)11-5-3-4-7(8,9)14-13-12-10/h10H,1,3-5H2,2H3. The molecule has 0 aromatic heterocycles. The van der Waals surface area contributed by atoms with Gasteiger partial charge in [0, 0.05) is 6.42 Å². The quantitative estimate of drug-likeness (QED) is 0.228. The number of halogens is 2. The van der Waals surface area contributed by atoms with Gasteiger partial charge < -0.3 is 4.74 Å². The van der Waals surface area contributed by atoms with Gasteiger partial charge in [0.05, 0.1) is 12.4 Å². The maximum atomic E-state index is 12.7. The third-order valence-corrected chi connectivity index (χ3v) is 1.72. The van der Waals surface area contributed by atoms with Crippen LogP contribution < -0.4 is 0 Å². The molecule has 0 aliphatic rings. The van der Waals surface area contributed by atoms with Crippen LogP contribution in [0.25, 0.3) is 0 Å². The smallest absolute Gasteiger partial charge is 0.321 e. The van der Waals surface area contributed by atoms with E-state index in [-0.39, 0.29) is 25.1 Å². The molecular formula is C7H12F2O4S. The van der Waals surface area contributed by atoms with E-state index in [0.29, 0.717) is 5.76 Å². The van der Waals surface area contributed by atoms with E-state index >= 15 is 0 Å². The van der Waals surface area contributed by atoms with Gasteiger partial charge in [0.15, 0.2) is 0 Å². The van der Waals surface area contributed by atoms with Crippen molar-refractivity contribution in [2.45, 2.75) is 25.0 Å². The fourth-order valence-electron chi connectivity index (χ4n) is 0.631. The molecule has 0 saturated heterocycles. The average Bonchev–Trinajstić information content (AvgIpc) is 2.09. The molecular weight excluding hydrogens is 218 g/mol. The molecule has 84 valence electrons. The van der Waals surface area contributed by atoms with Gasteiger partial charge in [0.2, 0.25) is 0 Å². The summed E-state index contributed by atoms with van der Waals surface area (Å²) in [5.41, 5.74) is 0. The summed E-state index contributed by atoms with van der Waals surface area (Å²) in [6.07, 6.45) is -0.282. The number of allylic oxidation sites excluding steroid dienone is 1. The molecule has 0 aromatic rings. The molecule has 0 aliphatic carbocycles. The third kappa shape index (κ3) is 8.24. The zero-order chi connectivity index (χ0) is 11.0.